The van der Waals surface area contributed by atoms with Crippen LogP contribution in [0.2, 0.25) is 0 Å². The normalized spacial score (nSPS) is 11.7. The van der Waals surface area contributed by atoms with Crippen molar-refractivity contribution in [3.05, 3.63) is 29.3 Å². The Hall–Kier alpha value is -1.21. The Morgan fingerprint density at radius 2 is 1.95 bits per heavy atom. The first-order valence-electron chi connectivity index (χ1n) is 5.74. The van der Waals surface area contributed by atoms with Crippen molar-refractivity contribution in [2.75, 3.05) is 6.61 Å². The van der Waals surface area contributed by atoms with Crippen LogP contribution in [-0.4, -0.2) is 21.0 Å². The molecule has 0 bridgehead atoms. The van der Waals surface area contributed by atoms with Crippen LogP contribution >= 0.6 is 10.7 Å². The zero-order valence-corrected chi connectivity index (χ0v) is 12.4. The van der Waals surface area contributed by atoms with Gasteiger partial charge in [-0.25, -0.2) is 22.0 Å². The van der Waals surface area contributed by atoms with E-state index in [2.05, 4.69) is 0 Å². The fourth-order valence-electron chi connectivity index (χ4n) is 1.37. The second kappa shape index (κ2) is 6.49. The van der Waals surface area contributed by atoms with Gasteiger partial charge in [0.25, 0.3) is 9.05 Å². The Bertz CT molecular complexity index is 614. The van der Waals surface area contributed by atoms with Crippen LogP contribution in [0.4, 0.5) is 8.78 Å². The van der Waals surface area contributed by atoms with Gasteiger partial charge in [-0.2, -0.15) is 0 Å². The summed E-state index contributed by atoms with van der Waals surface area (Å²) in [5, 5.41) is 0. The van der Waals surface area contributed by atoms with E-state index in [1.165, 1.54) is 0 Å². The average Bonchev–Trinajstić information content (AvgIpc) is 2.26. The number of hydrogen-bond acceptors (Lipinski definition) is 4. The molecule has 0 heterocycles. The highest BCUT2D eigenvalue weighted by atomic mass is 35.7. The highest BCUT2D eigenvalue weighted by Crippen LogP contribution is 2.24. The number of benzene rings is 1. The van der Waals surface area contributed by atoms with Crippen molar-refractivity contribution in [3.63, 3.8) is 0 Å². The van der Waals surface area contributed by atoms with Gasteiger partial charge in [0.2, 0.25) is 0 Å². The molecule has 0 spiro atoms. The van der Waals surface area contributed by atoms with Crippen LogP contribution in [0.5, 0.6) is 0 Å². The summed E-state index contributed by atoms with van der Waals surface area (Å²) in [7, 11) is 0.579. The van der Waals surface area contributed by atoms with E-state index in [-0.39, 0.29) is 12.5 Å². The smallest absolute Gasteiger partial charge is 0.344 e. The van der Waals surface area contributed by atoms with Gasteiger partial charge in [0.1, 0.15) is 16.3 Å². The molecular formula is C12H13ClF2O4S. The molecule has 1 aromatic carbocycles. The predicted molar refractivity (Wildman–Crippen MR) is 69.1 cm³/mol. The van der Waals surface area contributed by atoms with E-state index in [1.54, 1.807) is 0 Å². The zero-order chi connectivity index (χ0) is 15.5. The van der Waals surface area contributed by atoms with Crippen molar-refractivity contribution in [1.29, 1.82) is 0 Å². The predicted octanol–water partition coefficient (Wildman–Crippen LogP) is 3.10. The molecule has 0 N–H and O–H groups in total. The van der Waals surface area contributed by atoms with Gasteiger partial charge in [-0.1, -0.05) is 13.8 Å². The molecule has 112 valence electrons. The highest BCUT2D eigenvalue weighted by Gasteiger charge is 2.26. The molecule has 1 aromatic rings. The van der Waals surface area contributed by atoms with Crippen molar-refractivity contribution in [2.45, 2.75) is 25.2 Å². The van der Waals surface area contributed by atoms with Gasteiger partial charge in [-0.3, -0.25) is 0 Å². The van der Waals surface area contributed by atoms with Crippen LogP contribution in [0.3, 0.4) is 0 Å². The van der Waals surface area contributed by atoms with Crippen LogP contribution in [0.15, 0.2) is 17.0 Å². The molecule has 8 heteroatoms. The van der Waals surface area contributed by atoms with Crippen LogP contribution in [-0.2, 0) is 13.8 Å². The average molecular weight is 327 g/mol. The SMILES string of the molecule is CC(C)CCOC(=O)c1c(F)ccc(S(=O)(=O)Cl)c1F. The van der Waals surface area contributed by atoms with Crippen molar-refractivity contribution in [3.8, 4) is 0 Å². The number of halogens is 3. The lowest BCUT2D eigenvalue weighted by Crippen LogP contribution is -2.14. The number of rotatable bonds is 5. The maximum absolute atomic E-state index is 13.9. The molecule has 0 fully saturated rings. The van der Waals surface area contributed by atoms with Crippen molar-refractivity contribution < 1.29 is 26.7 Å². The number of carbonyl (C=O) groups excluding carboxylic acids is 1. The van der Waals surface area contributed by atoms with E-state index in [4.69, 9.17) is 15.4 Å². The number of hydrogen-bond donors (Lipinski definition) is 0. The summed E-state index contributed by atoms with van der Waals surface area (Å²) in [6.45, 7) is 3.75. The van der Waals surface area contributed by atoms with Gasteiger partial charge in [0, 0.05) is 10.7 Å². The van der Waals surface area contributed by atoms with Crippen LogP contribution in [0, 0.1) is 17.6 Å². The van der Waals surface area contributed by atoms with Crippen LogP contribution < -0.4 is 0 Å². The van der Waals surface area contributed by atoms with E-state index in [9.17, 15) is 22.0 Å². The fraction of sp³-hybridized carbons (Fsp3) is 0.417. The third-order valence-electron chi connectivity index (χ3n) is 2.45. The van der Waals surface area contributed by atoms with E-state index in [0.717, 1.165) is 0 Å². The molecule has 0 aromatic heterocycles. The van der Waals surface area contributed by atoms with E-state index in [0.29, 0.717) is 18.6 Å². The second-order valence-corrected chi connectivity index (χ2v) is 7.03. The summed E-state index contributed by atoms with van der Waals surface area (Å²) in [5.41, 5.74) is -1.06. The lowest BCUT2D eigenvalue weighted by Gasteiger charge is -2.09. The molecule has 0 saturated carbocycles. The maximum atomic E-state index is 13.9. The monoisotopic (exact) mass is 326 g/mol. The fourth-order valence-corrected chi connectivity index (χ4v) is 2.27. The summed E-state index contributed by atoms with van der Waals surface area (Å²) in [4.78, 5) is 10.6. The minimum Gasteiger partial charge on any atom is -0.462 e. The molecular weight excluding hydrogens is 314 g/mol. The first-order chi connectivity index (χ1) is 9.14. The molecule has 0 radical (unpaired) electrons. The molecule has 4 nitrogen and oxygen atoms in total. The van der Waals surface area contributed by atoms with Gasteiger partial charge in [-0.05, 0) is 24.5 Å². The number of esters is 1. The van der Waals surface area contributed by atoms with Gasteiger partial charge < -0.3 is 4.74 Å². The molecule has 0 amide bonds. The summed E-state index contributed by atoms with van der Waals surface area (Å²) in [5.74, 6) is -3.77. The van der Waals surface area contributed by atoms with E-state index < -0.39 is 37.1 Å². The van der Waals surface area contributed by atoms with Crippen LogP contribution in [0.25, 0.3) is 0 Å². The minimum absolute atomic E-state index is 0.0206. The van der Waals surface area contributed by atoms with E-state index >= 15 is 0 Å². The lowest BCUT2D eigenvalue weighted by atomic mass is 10.1. The number of ether oxygens (including phenoxy) is 1. The highest BCUT2D eigenvalue weighted by molar-refractivity contribution is 8.13. The van der Waals surface area contributed by atoms with Crippen LogP contribution in [0.1, 0.15) is 30.6 Å². The Labute approximate surface area is 120 Å². The van der Waals surface area contributed by atoms with Gasteiger partial charge in [-0.15, -0.1) is 0 Å². The topological polar surface area (TPSA) is 60.4 Å². The molecule has 1 rings (SSSR count). The molecule has 0 aliphatic carbocycles. The van der Waals surface area contributed by atoms with Gasteiger partial charge in [0.15, 0.2) is 5.82 Å². The minimum atomic E-state index is -4.42. The summed E-state index contributed by atoms with van der Waals surface area (Å²) < 4.78 is 54.2. The Balaban J connectivity index is 3.09. The lowest BCUT2D eigenvalue weighted by molar-refractivity contribution is 0.0476. The largest absolute Gasteiger partial charge is 0.462 e. The van der Waals surface area contributed by atoms with Crippen molar-refractivity contribution >= 4 is 25.7 Å². The van der Waals surface area contributed by atoms with E-state index in [1.807, 2.05) is 13.8 Å². The Morgan fingerprint density at radius 3 is 2.45 bits per heavy atom. The molecule has 0 unspecified atom stereocenters. The first-order valence-corrected chi connectivity index (χ1v) is 8.05. The third kappa shape index (κ3) is 4.14. The first kappa shape index (κ1) is 16.8. The summed E-state index contributed by atoms with van der Waals surface area (Å²) in [6.07, 6.45) is 0.516. The Morgan fingerprint density at radius 1 is 1.35 bits per heavy atom. The molecule has 0 saturated heterocycles. The quantitative estimate of drug-likeness (QED) is 0.616. The summed E-state index contributed by atoms with van der Waals surface area (Å²) in [6, 6.07) is 1.30. The van der Waals surface area contributed by atoms with Gasteiger partial charge in [0.05, 0.1) is 6.61 Å². The van der Waals surface area contributed by atoms with Crippen molar-refractivity contribution in [1.82, 2.24) is 0 Å². The molecule has 0 aliphatic rings. The standard InChI is InChI=1S/C12H13ClF2O4S/c1-7(2)5-6-19-12(16)10-8(14)3-4-9(11(10)15)20(13,17)18/h3-4,7H,5-6H2,1-2H3. The zero-order valence-electron chi connectivity index (χ0n) is 10.8. The molecule has 0 aliphatic heterocycles. The summed E-state index contributed by atoms with van der Waals surface area (Å²) >= 11 is 0. The molecule has 0 atom stereocenters. The second-order valence-electron chi connectivity index (χ2n) is 4.49. The van der Waals surface area contributed by atoms with Crippen molar-refractivity contribution in [2.24, 2.45) is 5.92 Å². The third-order valence-corrected chi connectivity index (χ3v) is 3.79. The van der Waals surface area contributed by atoms with Gasteiger partial charge >= 0.3 is 5.97 Å². The molecule has 20 heavy (non-hydrogen) atoms. The number of carbonyl (C=O) groups is 1. The Kier molecular flexibility index (Phi) is 5.47. The maximum Gasteiger partial charge on any atom is 0.344 e.